The molecule has 5 heteroatoms. The van der Waals surface area contributed by atoms with Gasteiger partial charge in [-0.1, -0.05) is 30.3 Å². The quantitative estimate of drug-likeness (QED) is 0.553. The van der Waals surface area contributed by atoms with Crippen molar-refractivity contribution in [3.8, 4) is 0 Å². The van der Waals surface area contributed by atoms with Crippen LogP contribution in [0.3, 0.4) is 0 Å². The van der Waals surface area contributed by atoms with Gasteiger partial charge in [0.2, 0.25) is 5.91 Å². The van der Waals surface area contributed by atoms with Crippen LogP contribution in [0.25, 0.3) is 0 Å². The Morgan fingerprint density at radius 3 is 2.57 bits per heavy atom. The molecular formula is C16H27N3O2. The molecule has 1 aromatic rings. The summed E-state index contributed by atoms with van der Waals surface area (Å²) in [7, 11) is 3.71. The predicted octanol–water partition coefficient (Wildman–Crippen LogP) is 0.595. The van der Waals surface area contributed by atoms with Gasteiger partial charge in [0.25, 0.3) is 0 Å². The zero-order valence-electron chi connectivity index (χ0n) is 13.0. The van der Waals surface area contributed by atoms with Crippen LogP contribution in [0.4, 0.5) is 0 Å². The minimum absolute atomic E-state index is 0.0223. The lowest BCUT2D eigenvalue weighted by molar-refractivity contribution is -0.134. The largest absolute Gasteiger partial charge is 0.395 e. The van der Waals surface area contributed by atoms with E-state index in [0.29, 0.717) is 13.1 Å². The minimum Gasteiger partial charge on any atom is -0.395 e. The van der Waals surface area contributed by atoms with Gasteiger partial charge in [-0.3, -0.25) is 4.79 Å². The van der Waals surface area contributed by atoms with E-state index in [4.69, 9.17) is 0 Å². The number of aliphatic hydroxyl groups is 1. The maximum atomic E-state index is 12.6. The van der Waals surface area contributed by atoms with Crippen molar-refractivity contribution in [1.82, 2.24) is 15.5 Å². The summed E-state index contributed by atoms with van der Waals surface area (Å²) in [5.74, 6) is 0.0477. The lowest BCUT2D eigenvalue weighted by Gasteiger charge is -2.27. The Bertz CT molecular complexity index is 398. The number of hydrogen-bond donors (Lipinski definition) is 3. The molecule has 0 aliphatic carbocycles. The first-order valence-electron chi connectivity index (χ1n) is 7.48. The van der Waals surface area contributed by atoms with Crippen molar-refractivity contribution in [2.45, 2.75) is 25.4 Å². The Balaban J connectivity index is 2.66. The summed E-state index contributed by atoms with van der Waals surface area (Å²) < 4.78 is 0. The van der Waals surface area contributed by atoms with E-state index in [1.807, 2.05) is 44.4 Å². The molecule has 1 aromatic carbocycles. The van der Waals surface area contributed by atoms with E-state index in [9.17, 15) is 9.90 Å². The van der Waals surface area contributed by atoms with Crippen molar-refractivity contribution in [1.29, 1.82) is 0 Å². The second-order valence-corrected chi connectivity index (χ2v) is 5.06. The Kier molecular flexibility index (Phi) is 8.66. The van der Waals surface area contributed by atoms with Gasteiger partial charge < -0.3 is 20.6 Å². The molecule has 1 rings (SSSR count). The third-order valence-electron chi connectivity index (χ3n) is 3.46. The topological polar surface area (TPSA) is 64.6 Å². The molecule has 0 aliphatic heterocycles. The first-order valence-corrected chi connectivity index (χ1v) is 7.48. The van der Waals surface area contributed by atoms with Gasteiger partial charge in [0.15, 0.2) is 0 Å². The second-order valence-electron chi connectivity index (χ2n) is 5.06. The Hall–Kier alpha value is -1.43. The highest BCUT2D eigenvalue weighted by atomic mass is 16.3. The van der Waals surface area contributed by atoms with E-state index >= 15 is 0 Å². The van der Waals surface area contributed by atoms with E-state index in [-0.39, 0.29) is 18.6 Å². The highest BCUT2D eigenvalue weighted by Gasteiger charge is 2.22. The molecule has 0 bridgehead atoms. The van der Waals surface area contributed by atoms with Crippen LogP contribution in [0.2, 0.25) is 0 Å². The van der Waals surface area contributed by atoms with Gasteiger partial charge in [-0.05, 0) is 39.0 Å². The van der Waals surface area contributed by atoms with Gasteiger partial charge in [-0.15, -0.1) is 0 Å². The maximum Gasteiger partial charge on any atom is 0.240 e. The zero-order valence-corrected chi connectivity index (χ0v) is 13.0. The Morgan fingerprint density at radius 1 is 1.29 bits per heavy atom. The number of nitrogens with one attached hydrogen (secondary N) is 2. The number of nitrogens with zero attached hydrogens (tertiary/aromatic N) is 1. The van der Waals surface area contributed by atoms with Crippen LogP contribution in [0.5, 0.6) is 0 Å². The van der Waals surface area contributed by atoms with Gasteiger partial charge in [0.05, 0.1) is 12.6 Å². The van der Waals surface area contributed by atoms with Crippen LogP contribution >= 0.6 is 0 Å². The number of aliphatic hydroxyl groups excluding tert-OH is 1. The Labute approximate surface area is 127 Å². The molecule has 0 spiro atoms. The highest BCUT2D eigenvalue weighted by molar-refractivity contribution is 5.81. The summed E-state index contributed by atoms with van der Waals surface area (Å²) in [5.41, 5.74) is 1.07. The van der Waals surface area contributed by atoms with Crippen LogP contribution < -0.4 is 10.6 Å². The van der Waals surface area contributed by atoms with Gasteiger partial charge >= 0.3 is 0 Å². The molecule has 0 radical (unpaired) electrons. The van der Waals surface area contributed by atoms with Crippen LogP contribution in [0, 0.1) is 0 Å². The molecule has 0 unspecified atom stereocenters. The van der Waals surface area contributed by atoms with Crippen LogP contribution in [-0.4, -0.2) is 55.7 Å². The lowest BCUT2D eigenvalue weighted by atomic mass is 10.1. The monoisotopic (exact) mass is 293 g/mol. The Morgan fingerprint density at radius 2 is 2.00 bits per heavy atom. The lowest BCUT2D eigenvalue weighted by Crippen LogP contribution is -2.46. The standard InChI is InChI=1S/C16H27N3O2/c1-17-10-6-9-15(18-2)16(21)19(11-12-20)13-14-7-4-3-5-8-14/h3-5,7-8,15,17-18,20H,6,9-13H2,1-2H3/t15-/m1/s1. The predicted molar refractivity (Wildman–Crippen MR) is 85.0 cm³/mol. The van der Waals surface area contributed by atoms with E-state index in [1.54, 1.807) is 4.90 Å². The average Bonchev–Trinajstić information content (AvgIpc) is 2.52. The first-order chi connectivity index (χ1) is 10.2. The number of hydrogen-bond acceptors (Lipinski definition) is 4. The summed E-state index contributed by atoms with van der Waals surface area (Å²) in [5, 5.41) is 15.4. The summed E-state index contributed by atoms with van der Waals surface area (Å²) >= 11 is 0. The fourth-order valence-corrected chi connectivity index (χ4v) is 2.29. The first kappa shape index (κ1) is 17.6. The van der Waals surface area contributed by atoms with Gasteiger partial charge in [0.1, 0.15) is 0 Å². The molecule has 0 heterocycles. The summed E-state index contributed by atoms with van der Waals surface area (Å²) in [6.07, 6.45) is 1.72. The van der Waals surface area contributed by atoms with E-state index in [0.717, 1.165) is 24.9 Å². The van der Waals surface area contributed by atoms with Crippen LogP contribution in [0.15, 0.2) is 30.3 Å². The number of amides is 1. The third kappa shape index (κ3) is 6.25. The second kappa shape index (κ2) is 10.3. The summed E-state index contributed by atoms with van der Waals surface area (Å²) in [4.78, 5) is 14.3. The number of likely N-dealkylation sites (N-methyl/N-ethyl adjacent to an activating group) is 1. The highest BCUT2D eigenvalue weighted by Crippen LogP contribution is 2.08. The molecule has 0 fully saturated rings. The number of carbonyl (C=O) groups excluding carboxylic acids is 1. The zero-order chi connectivity index (χ0) is 15.5. The van der Waals surface area contributed by atoms with Crippen molar-refractivity contribution in [3.63, 3.8) is 0 Å². The molecule has 1 amide bonds. The molecule has 3 N–H and O–H groups in total. The van der Waals surface area contributed by atoms with E-state index < -0.39 is 0 Å². The molecule has 5 nitrogen and oxygen atoms in total. The van der Waals surface area contributed by atoms with Crippen molar-refractivity contribution >= 4 is 5.91 Å². The van der Waals surface area contributed by atoms with Gasteiger partial charge in [-0.2, -0.15) is 0 Å². The SMILES string of the molecule is CNCCC[C@@H](NC)C(=O)N(CCO)Cc1ccccc1. The van der Waals surface area contributed by atoms with Gasteiger partial charge in [0, 0.05) is 13.1 Å². The number of carbonyl (C=O) groups is 1. The number of benzene rings is 1. The average molecular weight is 293 g/mol. The molecule has 1 atom stereocenters. The van der Waals surface area contributed by atoms with E-state index in [2.05, 4.69) is 10.6 Å². The molecular weight excluding hydrogens is 266 g/mol. The van der Waals surface area contributed by atoms with Crippen LogP contribution in [-0.2, 0) is 11.3 Å². The molecule has 0 saturated heterocycles. The molecule has 0 saturated carbocycles. The van der Waals surface area contributed by atoms with Crippen molar-refractivity contribution in [2.75, 3.05) is 33.8 Å². The normalized spacial score (nSPS) is 12.1. The summed E-state index contributed by atoms with van der Waals surface area (Å²) in [6.45, 7) is 1.76. The molecule has 0 aliphatic rings. The van der Waals surface area contributed by atoms with Crippen molar-refractivity contribution < 1.29 is 9.90 Å². The van der Waals surface area contributed by atoms with Crippen molar-refractivity contribution in [2.24, 2.45) is 0 Å². The minimum atomic E-state index is -0.200. The fourth-order valence-electron chi connectivity index (χ4n) is 2.29. The number of rotatable bonds is 10. The van der Waals surface area contributed by atoms with E-state index in [1.165, 1.54) is 0 Å². The van der Waals surface area contributed by atoms with Gasteiger partial charge in [-0.25, -0.2) is 0 Å². The maximum absolute atomic E-state index is 12.6. The van der Waals surface area contributed by atoms with Crippen LogP contribution in [0.1, 0.15) is 18.4 Å². The molecule has 118 valence electrons. The third-order valence-corrected chi connectivity index (χ3v) is 3.46. The smallest absolute Gasteiger partial charge is 0.240 e. The van der Waals surface area contributed by atoms with Crippen molar-refractivity contribution in [3.05, 3.63) is 35.9 Å². The fraction of sp³-hybridized carbons (Fsp3) is 0.562. The molecule has 0 aromatic heterocycles. The molecule has 21 heavy (non-hydrogen) atoms. The summed E-state index contributed by atoms with van der Waals surface area (Å²) in [6, 6.07) is 9.66.